The molecule has 0 aliphatic heterocycles. The van der Waals surface area contributed by atoms with Gasteiger partial charge in [0.05, 0.1) is 17.4 Å². The number of nitrogens with one attached hydrogen (secondary N) is 2. The number of aromatic amines is 1. The van der Waals surface area contributed by atoms with Gasteiger partial charge < -0.3 is 15.5 Å². The highest BCUT2D eigenvalue weighted by Gasteiger charge is 2.45. The SMILES string of the molecule is COc1ccc(-c2cc3ccc(S(=O)(=O)NC4CCC(C(N)=O)([C@H](C)c5ccc(F)cc5)CC4)cc3[nH]2)c(C)c1. The molecule has 1 fully saturated rings. The second-order valence-corrected chi connectivity index (χ2v) is 12.5. The molecule has 4 N–H and O–H groups in total. The third kappa shape index (κ3) is 5.23. The second-order valence-electron chi connectivity index (χ2n) is 10.8. The average Bonchev–Trinajstić information content (AvgIpc) is 3.36. The van der Waals surface area contributed by atoms with Crippen LogP contribution < -0.4 is 15.2 Å². The highest BCUT2D eigenvalue weighted by atomic mass is 32.2. The molecule has 0 unspecified atom stereocenters. The van der Waals surface area contributed by atoms with Gasteiger partial charge in [0.15, 0.2) is 0 Å². The summed E-state index contributed by atoms with van der Waals surface area (Å²) in [5, 5.41) is 0.905. The Morgan fingerprint density at radius 3 is 2.40 bits per heavy atom. The molecule has 9 heteroatoms. The van der Waals surface area contributed by atoms with Gasteiger partial charge in [-0.05, 0) is 98.2 Å². The summed E-state index contributed by atoms with van der Waals surface area (Å²) in [6.07, 6.45) is 1.82. The molecular weight excluding hydrogens is 529 g/mol. The van der Waals surface area contributed by atoms with Crippen LogP contribution in [0.3, 0.4) is 0 Å². The molecule has 1 saturated carbocycles. The molecule has 0 spiro atoms. The molecule has 1 amide bonds. The van der Waals surface area contributed by atoms with E-state index in [1.54, 1.807) is 37.4 Å². The molecule has 5 rings (SSSR count). The predicted octanol–water partition coefficient (Wildman–Crippen LogP) is 5.79. The van der Waals surface area contributed by atoms with Crippen LogP contribution in [0.15, 0.2) is 71.6 Å². The number of carbonyl (C=O) groups excluding carboxylic acids is 1. The number of sulfonamides is 1. The van der Waals surface area contributed by atoms with Crippen LogP contribution in [-0.2, 0) is 14.8 Å². The molecule has 7 nitrogen and oxygen atoms in total. The van der Waals surface area contributed by atoms with E-state index in [0.29, 0.717) is 25.7 Å². The number of aryl methyl sites for hydroxylation is 1. The predicted molar refractivity (Wildman–Crippen MR) is 154 cm³/mol. The lowest BCUT2D eigenvalue weighted by molar-refractivity contribution is -0.131. The quantitative estimate of drug-likeness (QED) is 0.252. The van der Waals surface area contributed by atoms with Crippen LogP contribution in [-0.4, -0.2) is 32.5 Å². The van der Waals surface area contributed by atoms with E-state index in [1.165, 1.54) is 12.1 Å². The zero-order valence-corrected chi connectivity index (χ0v) is 23.6. The molecule has 1 aromatic heterocycles. The monoisotopic (exact) mass is 563 g/mol. The Morgan fingerprint density at radius 2 is 1.77 bits per heavy atom. The first-order valence-corrected chi connectivity index (χ1v) is 14.9. The molecule has 0 radical (unpaired) electrons. The molecule has 3 aromatic carbocycles. The van der Waals surface area contributed by atoms with Gasteiger partial charge in [-0.1, -0.05) is 25.1 Å². The van der Waals surface area contributed by atoms with Gasteiger partial charge in [0.1, 0.15) is 11.6 Å². The summed E-state index contributed by atoms with van der Waals surface area (Å²) in [5.74, 6) is -0.197. The fourth-order valence-corrected chi connectivity index (χ4v) is 7.32. The summed E-state index contributed by atoms with van der Waals surface area (Å²) in [7, 11) is -2.17. The number of ether oxygens (including phenoxy) is 1. The number of benzene rings is 3. The van der Waals surface area contributed by atoms with Gasteiger partial charge in [0, 0.05) is 28.2 Å². The van der Waals surface area contributed by atoms with Crippen molar-refractivity contribution >= 4 is 26.8 Å². The lowest BCUT2D eigenvalue weighted by Crippen LogP contribution is -2.48. The fraction of sp³-hybridized carbons (Fsp3) is 0.323. The van der Waals surface area contributed by atoms with Crippen molar-refractivity contribution in [3.8, 4) is 17.0 Å². The molecule has 0 bridgehead atoms. The number of methoxy groups -OCH3 is 1. The number of hydrogen-bond acceptors (Lipinski definition) is 4. The maximum absolute atomic E-state index is 13.4. The minimum Gasteiger partial charge on any atom is -0.497 e. The first-order valence-electron chi connectivity index (χ1n) is 13.4. The van der Waals surface area contributed by atoms with E-state index in [-0.39, 0.29) is 22.7 Å². The van der Waals surface area contributed by atoms with Crippen molar-refractivity contribution in [3.63, 3.8) is 0 Å². The molecule has 210 valence electrons. The first-order chi connectivity index (χ1) is 19.0. The highest BCUT2D eigenvalue weighted by molar-refractivity contribution is 7.89. The molecule has 40 heavy (non-hydrogen) atoms. The van der Waals surface area contributed by atoms with Gasteiger partial charge in [-0.15, -0.1) is 0 Å². The van der Waals surface area contributed by atoms with Gasteiger partial charge in [0.2, 0.25) is 15.9 Å². The number of hydrogen-bond donors (Lipinski definition) is 3. The number of fused-ring (bicyclic) bond motifs is 1. The van der Waals surface area contributed by atoms with E-state index in [4.69, 9.17) is 10.5 Å². The third-order valence-corrected chi connectivity index (χ3v) is 10.0. The largest absolute Gasteiger partial charge is 0.497 e. The summed E-state index contributed by atoms with van der Waals surface area (Å²) < 4.78 is 48.3. The smallest absolute Gasteiger partial charge is 0.240 e. The molecular formula is C31H34FN3O4S. The van der Waals surface area contributed by atoms with Crippen molar-refractivity contribution in [2.75, 3.05) is 7.11 Å². The van der Waals surface area contributed by atoms with Crippen molar-refractivity contribution in [2.45, 2.75) is 56.4 Å². The minimum atomic E-state index is -3.80. The van der Waals surface area contributed by atoms with Crippen molar-refractivity contribution in [3.05, 3.63) is 83.7 Å². The molecule has 1 atom stereocenters. The van der Waals surface area contributed by atoms with Crippen LogP contribution in [0.2, 0.25) is 0 Å². The van der Waals surface area contributed by atoms with E-state index >= 15 is 0 Å². The number of amides is 1. The van der Waals surface area contributed by atoms with Gasteiger partial charge in [0.25, 0.3) is 0 Å². The number of primary amides is 1. The summed E-state index contributed by atoms with van der Waals surface area (Å²) >= 11 is 0. The number of H-pyrrole nitrogens is 1. The number of halogens is 1. The number of rotatable bonds is 8. The van der Waals surface area contributed by atoms with Crippen molar-refractivity contribution in [2.24, 2.45) is 11.1 Å². The molecule has 1 heterocycles. The van der Waals surface area contributed by atoms with Crippen LogP contribution in [0.25, 0.3) is 22.2 Å². The Labute approximate surface area is 234 Å². The number of carbonyl (C=O) groups is 1. The Kier molecular flexibility index (Phi) is 7.46. The first kappa shape index (κ1) is 27.9. The van der Waals surface area contributed by atoms with E-state index in [2.05, 4.69) is 9.71 Å². The van der Waals surface area contributed by atoms with Crippen LogP contribution >= 0.6 is 0 Å². The van der Waals surface area contributed by atoms with Crippen LogP contribution in [0.4, 0.5) is 4.39 Å². The van der Waals surface area contributed by atoms with E-state index < -0.39 is 21.3 Å². The minimum absolute atomic E-state index is 0.172. The number of nitrogens with two attached hydrogens (primary N) is 1. The van der Waals surface area contributed by atoms with Gasteiger partial charge in [-0.3, -0.25) is 4.79 Å². The van der Waals surface area contributed by atoms with Gasteiger partial charge in [-0.2, -0.15) is 0 Å². The van der Waals surface area contributed by atoms with Gasteiger partial charge >= 0.3 is 0 Å². The van der Waals surface area contributed by atoms with Crippen LogP contribution in [0, 0.1) is 18.2 Å². The summed E-state index contributed by atoms with van der Waals surface area (Å²) in [5.41, 5.74) is 9.57. The van der Waals surface area contributed by atoms with Gasteiger partial charge in [-0.25, -0.2) is 17.5 Å². The zero-order valence-electron chi connectivity index (χ0n) is 22.8. The van der Waals surface area contributed by atoms with E-state index in [0.717, 1.165) is 39.0 Å². The standard InChI is InChI=1S/C31H34FN3O4S/c1-19-16-25(39-3)9-11-27(19)29-17-22-6-10-26(18-28(22)34-29)40(37,38)35-24-12-14-31(15-13-24,30(33)36)20(2)21-4-7-23(32)8-5-21/h4-11,16-18,20,24,34-35H,12-15H2,1-3H3,(H2,33,36)/t20-,24?,31?/m1/s1. The normalized spacial score (nSPS) is 20.4. The topological polar surface area (TPSA) is 114 Å². The number of aromatic nitrogens is 1. The van der Waals surface area contributed by atoms with Crippen LogP contribution in [0.1, 0.15) is 49.7 Å². The Morgan fingerprint density at radius 1 is 1.07 bits per heavy atom. The lowest BCUT2D eigenvalue weighted by Gasteiger charge is -2.42. The molecule has 4 aromatic rings. The third-order valence-electron chi connectivity index (χ3n) is 8.52. The van der Waals surface area contributed by atoms with Crippen molar-refractivity contribution in [1.29, 1.82) is 0 Å². The van der Waals surface area contributed by atoms with E-state index in [1.807, 2.05) is 38.1 Å². The maximum Gasteiger partial charge on any atom is 0.240 e. The summed E-state index contributed by atoms with van der Waals surface area (Å²) in [6.45, 7) is 3.93. The Bertz CT molecular complexity index is 1660. The van der Waals surface area contributed by atoms with Crippen LogP contribution in [0.5, 0.6) is 5.75 Å². The summed E-state index contributed by atoms with van der Waals surface area (Å²) in [4.78, 5) is 16.2. The van der Waals surface area contributed by atoms with Crippen molar-refractivity contribution < 1.29 is 22.3 Å². The summed E-state index contributed by atoms with van der Waals surface area (Å²) in [6, 6.07) is 18.7. The average molecular weight is 564 g/mol. The van der Waals surface area contributed by atoms with Crippen molar-refractivity contribution in [1.82, 2.24) is 9.71 Å². The zero-order chi connectivity index (χ0) is 28.7. The molecule has 0 saturated heterocycles. The van der Waals surface area contributed by atoms with E-state index in [9.17, 15) is 17.6 Å². The molecule has 1 aliphatic carbocycles. The molecule has 1 aliphatic rings. The Balaban J connectivity index is 1.32. The maximum atomic E-state index is 13.4. The highest BCUT2D eigenvalue weighted by Crippen LogP contribution is 2.47. The fourth-order valence-electron chi connectivity index (χ4n) is 5.99. The second kappa shape index (κ2) is 10.7. The lowest BCUT2D eigenvalue weighted by atomic mass is 9.63. The Hall–Kier alpha value is -3.69.